The summed E-state index contributed by atoms with van der Waals surface area (Å²) in [5, 5.41) is 0. The molecule has 0 radical (unpaired) electrons. The standard InChI is InChI=1S/2C3H5.Ag.HI/c2*1-3-2;;/h2*3H,1-2H2;;1H/q2*-1;+1;/p-1. The molecule has 0 amide bonds. The van der Waals surface area contributed by atoms with Gasteiger partial charge in [-0.3, -0.25) is 0 Å². The van der Waals surface area contributed by atoms with Gasteiger partial charge in [-0.15, -0.1) is 0 Å². The molecule has 0 aliphatic heterocycles. The molecule has 0 aliphatic carbocycles. The van der Waals surface area contributed by atoms with Crippen molar-refractivity contribution in [3.8, 4) is 0 Å². The summed E-state index contributed by atoms with van der Waals surface area (Å²) in [5.41, 5.74) is 0. The van der Waals surface area contributed by atoms with E-state index in [4.69, 9.17) is 0 Å². The summed E-state index contributed by atoms with van der Waals surface area (Å²) < 4.78 is 0. The van der Waals surface area contributed by atoms with Crippen molar-refractivity contribution in [2.45, 2.75) is 0 Å². The van der Waals surface area contributed by atoms with E-state index in [0.717, 1.165) is 0 Å². The molecule has 0 fully saturated rings. The zero-order valence-corrected chi connectivity index (χ0v) is 8.30. The summed E-state index contributed by atoms with van der Waals surface area (Å²) in [6.07, 6.45) is 3.00. The molecule has 0 aliphatic rings. The van der Waals surface area contributed by atoms with Crippen molar-refractivity contribution in [3.05, 3.63) is 39.2 Å². The van der Waals surface area contributed by atoms with Crippen molar-refractivity contribution < 1.29 is 17.3 Å². The van der Waals surface area contributed by atoms with Gasteiger partial charge in [0.05, 0.1) is 0 Å². The Morgan fingerprint density at radius 1 is 1.12 bits per heavy atom. The summed E-state index contributed by atoms with van der Waals surface area (Å²) in [5.74, 6) is 0. The Morgan fingerprint density at radius 2 is 1.12 bits per heavy atom. The zero-order valence-electron chi connectivity index (χ0n) is 4.66. The quantitative estimate of drug-likeness (QED) is 0.366. The zero-order chi connectivity index (χ0) is 7.41. The minimum atomic E-state index is 1.50. The average molecular weight is 317 g/mol. The van der Waals surface area contributed by atoms with Crippen LogP contribution in [-0.2, 0) is 17.3 Å². The van der Waals surface area contributed by atoms with Gasteiger partial charge in [-0.1, -0.05) is 0 Å². The monoisotopic (exact) mass is 316 g/mol. The van der Waals surface area contributed by atoms with Crippen LogP contribution in [0.25, 0.3) is 0 Å². The Hall–Kier alpha value is 0.690. The molecule has 0 saturated heterocycles. The maximum absolute atomic E-state index is 3.25. The molecule has 0 atom stereocenters. The van der Waals surface area contributed by atoms with E-state index < -0.39 is 0 Å². The third-order valence-corrected chi connectivity index (χ3v) is 0. The van der Waals surface area contributed by atoms with Gasteiger partial charge in [0, 0.05) is 0 Å². The van der Waals surface area contributed by atoms with Crippen LogP contribution in [0, 0.1) is 13.8 Å². The molecule has 0 bridgehead atoms. The van der Waals surface area contributed by atoms with Gasteiger partial charge in [-0.2, -0.15) is 0 Å². The van der Waals surface area contributed by atoms with Crippen LogP contribution in [0.1, 0.15) is 0 Å². The summed E-state index contributed by atoms with van der Waals surface area (Å²) >= 11 is 4.88. The van der Waals surface area contributed by atoms with Crippen LogP contribution < -0.4 is 0 Å². The topological polar surface area (TPSA) is 0 Å². The number of rotatable bonds is 0. The SMILES string of the molecule is C=C[CH2-].C=C[CH2-].[Ag][I]. The summed E-state index contributed by atoms with van der Waals surface area (Å²) in [6, 6.07) is 0. The number of hydrogen-bond donors (Lipinski definition) is 0. The van der Waals surface area contributed by atoms with Gasteiger partial charge in [-0.05, 0) is 0 Å². The second kappa shape index (κ2) is 47.6. The first kappa shape index (κ1) is 15.9. The molecule has 0 N–H and O–H groups in total. The number of allylic oxidation sites excluding steroid dienone is 2. The summed E-state index contributed by atoms with van der Waals surface area (Å²) in [6.45, 7) is 13.0. The molecule has 0 unspecified atom stereocenters. The second-order valence-corrected chi connectivity index (χ2v) is 0.577. The van der Waals surface area contributed by atoms with Crippen LogP contribution >= 0.6 is 19.0 Å². The minimum absolute atomic E-state index is 1.50. The molecule has 0 rings (SSSR count). The third-order valence-electron chi connectivity index (χ3n) is 0. The van der Waals surface area contributed by atoms with Crippen molar-refractivity contribution in [1.29, 1.82) is 0 Å². The van der Waals surface area contributed by atoms with Crippen molar-refractivity contribution >= 4 is 19.0 Å². The maximum atomic E-state index is 3.25. The molecule has 0 aromatic rings. The van der Waals surface area contributed by atoms with Crippen LogP contribution in [0.15, 0.2) is 25.3 Å². The first-order valence-electron chi connectivity index (χ1n) is 1.75. The van der Waals surface area contributed by atoms with E-state index in [-0.39, 0.29) is 0 Å². The molecule has 0 nitrogen and oxygen atoms in total. The molecule has 0 spiro atoms. The molecule has 0 aromatic carbocycles. The average Bonchev–Trinajstić information content (AvgIpc) is 1.75. The Balaban J connectivity index is -0.0000000483. The van der Waals surface area contributed by atoms with Gasteiger partial charge >= 0.3 is 36.3 Å². The van der Waals surface area contributed by atoms with Gasteiger partial charge in [0.15, 0.2) is 0 Å². The Morgan fingerprint density at radius 3 is 1.12 bits per heavy atom. The molecule has 8 heavy (non-hydrogen) atoms. The first-order valence-corrected chi connectivity index (χ1v) is 6.16. The van der Waals surface area contributed by atoms with E-state index in [1.54, 1.807) is 0 Å². The molecular weight excluding hydrogens is 307 g/mol. The van der Waals surface area contributed by atoms with E-state index in [1.165, 1.54) is 12.2 Å². The van der Waals surface area contributed by atoms with Crippen molar-refractivity contribution in [1.82, 2.24) is 0 Å². The molecular formula is C6H10AgI-2. The summed E-state index contributed by atoms with van der Waals surface area (Å²) in [7, 11) is 0. The Bertz CT molecular complexity index is 29.5. The van der Waals surface area contributed by atoms with E-state index >= 15 is 0 Å². The molecule has 0 aromatic heterocycles. The fourth-order valence-electron chi connectivity index (χ4n) is 0. The molecule has 2 heteroatoms. The fourth-order valence-corrected chi connectivity index (χ4v) is 0. The Kier molecular flexibility index (Phi) is 94.4. The molecule has 0 saturated carbocycles. The first-order chi connectivity index (χ1) is 3.83. The predicted octanol–water partition coefficient (Wildman–Crippen LogP) is 2.90. The Labute approximate surface area is 74.9 Å². The van der Waals surface area contributed by atoms with Gasteiger partial charge in [-0.25, -0.2) is 39.2 Å². The third kappa shape index (κ3) is 455. The van der Waals surface area contributed by atoms with Crippen molar-refractivity contribution in [3.63, 3.8) is 0 Å². The number of hydrogen-bond acceptors (Lipinski definition) is 0. The van der Waals surface area contributed by atoms with Gasteiger partial charge in [0.2, 0.25) is 0 Å². The second-order valence-electron chi connectivity index (χ2n) is 0.577. The van der Waals surface area contributed by atoms with E-state index in [0.29, 0.717) is 0 Å². The number of halogens is 1. The van der Waals surface area contributed by atoms with Crippen LogP contribution in [0.5, 0.6) is 0 Å². The van der Waals surface area contributed by atoms with Gasteiger partial charge in [0.1, 0.15) is 0 Å². The van der Waals surface area contributed by atoms with Crippen LogP contribution in [0.3, 0.4) is 0 Å². The normalized spacial score (nSPS) is 3.88. The van der Waals surface area contributed by atoms with Gasteiger partial charge < -0.3 is 0 Å². The fraction of sp³-hybridized carbons (Fsp3) is 0. The summed E-state index contributed by atoms with van der Waals surface area (Å²) in [4.78, 5) is 0. The van der Waals surface area contributed by atoms with Crippen molar-refractivity contribution in [2.75, 3.05) is 0 Å². The van der Waals surface area contributed by atoms with Crippen molar-refractivity contribution in [2.24, 2.45) is 0 Å². The van der Waals surface area contributed by atoms with Crippen LogP contribution in [-0.4, -0.2) is 0 Å². The van der Waals surface area contributed by atoms with E-state index in [2.05, 4.69) is 44.3 Å². The molecule has 54 valence electrons. The van der Waals surface area contributed by atoms with Crippen LogP contribution in [0.4, 0.5) is 0 Å². The van der Waals surface area contributed by atoms with E-state index in [9.17, 15) is 0 Å². The molecule has 0 heterocycles. The van der Waals surface area contributed by atoms with E-state index in [1.807, 2.05) is 19.0 Å². The van der Waals surface area contributed by atoms with Gasteiger partial charge in [0.25, 0.3) is 0 Å². The predicted molar refractivity (Wildman–Crippen MR) is 45.1 cm³/mol. The van der Waals surface area contributed by atoms with Crippen LogP contribution in [0.2, 0.25) is 0 Å².